The normalized spacial score (nSPS) is 11.9. The molecule has 0 aliphatic heterocycles. The lowest BCUT2D eigenvalue weighted by Gasteiger charge is -2.14. The summed E-state index contributed by atoms with van der Waals surface area (Å²) < 4.78 is 28.6. The zero-order chi connectivity index (χ0) is 18.2. The van der Waals surface area contributed by atoms with Gasteiger partial charge in [-0.1, -0.05) is 32.0 Å². The second-order valence-electron chi connectivity index (χ2n) is 6.16. The van der Waals surface area contributed by atoms with Gasteiger partial charge in [0.1, 0.15) is 9.22 Å². The molecule has 1 aromatic carbocycles. The van der Waals surface area contributed by atoms with E-state index in [-0.39, 0.29) is 5.92 Å². The van der Waals surface area contributed by atoms with E-state index in [0.29, 0.717) is 9.90 Å². The molecule has 0 atom stereocenters. The molecule has 0 saturated carbocycles. The Labute approximate surface area is 156 Å². The fourth-order valence-corrected chi connectivity index (χ4v) is 5.68. The van der Waals surface area contributed by atoms with Crippen LogP contribution in [0.3, 0.4) is 0 Å². The van der Waals surface area contributed by atoms with Gasteiger partial charge < -0.3 is 0 Å². The van der Waals surface area contributed by atoms with Crippen LogP contribution in [0.4, 0.5) is 5.69 Å². The summed E-state index contributed by atoms with van der Waals surface area (Å²) in [6, 6.07) is 9.20. The minimum atomic E-state index is -3.61. The van der Waals surface area contributed by atoms with E-state index in [1.165, 1.54) is 11.3 Å². The summed E-state index contributed by atoms with van der Waals surface area (Å²) in [5, 5.41) is 2.70. The third kappa shape index (κ3) is 3.78. The molecule has 2 aromatic heterocycles. The highest BCUT2D eigenvalue weighted by atomic mass is 32.2. The molecule has 0 bridgehead atoms. The minimum Gasteiger partial charge on any atom is -0.279 e. The van der Waals surface area contributed by atoms with Crippen LogP contribution in [0.5, 0.6) is 0 Å². The molecule has 25 heavy (non-hydrogen) atoms. The molecular weight excluding hydrogens is 372 g/mol. The monoisotopic (exact) mass is 392 g/mol. The number of sulfonamides is 1. The third-order valence-electron chi connectivity index (χ3n) is 3.94. The lowest BCUT2D eigenvalue weighted by atomic mass is 10.0. The van der Waals surface area contributed by atoms with Crippen molar-refractivity contribution < 1.29 is 8.42 Å². The maximum absolute atomic E-state index is 12.8. The molecule has 0 saturated heterocycles. The predicted molar refractivity (Wildman–Crippen MR) is 106 cm³/mol. The van der Waals surface area contributed by atoms with Crippen LogP contribution in [0.25, 0.3) is 10.6 Å². The first-order valence-electron chi connectivity index (χ1n) is 7.92. The van der Waals surface area contributed by atoms with Gasteiger partial charge in [-0.2, -0.15) is 0 Å². The molecule has 0 amide bonds. The molecule has 4 nitrogen and oxygen atoms in total. The fraction of sp³-hybridized carbons (Fsp3) is 0.278. The summed E-state index contributed by atoms with van der Waals surface area (Å²) in [6.45, 7) is 8.07. The number of aryl methyl sites for hydroxylation is 2. The molecule has 0 aliphatic carbocycles. The smallest absolute Gasteiger partial charge is 0.271 e. The van der Waals surface area contributed by atoms with Crippen molar-refractivity contribution in [1.82, 2.24) is 4.98 Å². The number of hydrogen-bond acceptors (Lipinski definition) is 5. The van der Waals surface area contributed by atoms with Gasteiger partial charge in [0, 0.05) is 15.8 Å². The van der Waals surface area contributed by atoms with E-state index >= 15 is 0 Å². The van der Waals surface area contributed by atoms with Crippen molar-refractivity contribution in [2.45, 2.75) is 37.8 Å². The Hall–Kier alpha value is -1.70. The molecule has 0 spiro atoms. The molecule has 0 aliphatic rings. The molecule has 0 fully saturated rings. The van der Waals surface area contributed by atoms with Crippen LogP contribution in [0.15, 0.2) is 39.9 Å². The Morgan fingerprint density at radius 3 is 2.52 bits per heavy atom. The number of anilines is 1. The lowest BCUT2D eigenvalue weighted by molar-refractivity contribution is 0.603. The minimum absolute atomic E-state index is 0.235. The van der Waals surface area contributed by atoms with Crippen molar-refractivity contribution in [2.24, 2.45) is 0 Å². The van der Waals surface area contributed by atoms with Crippen LogP contribution in [-0.4, -0.2) is 13.4 Å². The summed E-state index contributed by atoms with van der Waals surface area (Å²) in [4.78, 5) is 5.65. The van der Waals surface area contributed by atoms with Crippen LogP contribution in [0.2, 0.25) is 0 Å². The molecular formula is C18H20N2O2S3. The molecule has 0 radical (unpaired) electrons. The highest BCUT2D eigenvalue weighted by Crippen LogP contribution is 2.34. The Morgan fingerprint density at radius 2 is 1.88 bits per heavy atom. The second-order valence-corrected chi connectivity index (χ2v) is 10.2. The van der Waals surface area contributed by atoms with Crippen LogP contribution >= 0.6 is 22.7 Å². The number of para-hydroxylation sites is 1. The molecule has 1 N–H and O–H groups in total. The van der Waals surface area contributed by atoms with Gasteiger partial charge >= 0.3 is 0 Å². The van der Waals surface area contributed by atoms with Gasteiger partial charge in [-0.05, 0) is 37.5 Å². The standard InChI is InChI=1S/C18H20N2O2S3/c1-11(2)15-7-5-6-8-16(15)20-25(21,22)17-9-14(10-23-17)18-19-12(3)13(4)24-18/h5-11,20H,1-4H3. The van der Waals surface area contributed by atoms with Gasteiger partial charge in [0.25, 0.3) is 10.0 Å². The number of benzene rings is 1. The van der Waals surface area contributed by atoms with E-state index in [1.807, 2.05) is 51.3 Å². The number of nitrogens with one attached hydrogen (secondary N) is 1. The molecule has 3 rings (SSSR count). The van der Waals surface area contributed by atoms with Crippen LogP contribution < -0.4 is 4.72 Å². The largest absolute Gasteiger partial charge is 0.279 e. The summed E-state index contributed by atoms with van der Waals surface area (Å²) in [6.07, 6.45) is 0. The number of hydrogen-bond donors (Lipinski definition) is 1. The maximum Gasteiger partial charge on any atom is 0.271 e. The van der Waals surface area contributed by atoms with Gasteiger partial charge in [-0.3, -0.25) is 4.72 Å². The Bertz CT molecular complexity index is 982. The molecule has 132 valence electrons. The van der Waals surface area contributed by atoms with Crippen molar-refractivity contribution in [3.63, 3.8) is 0 Å². The average molecular weight is 393 g/mol. The van der Waals surface area contributed by atoms with Crippen LogP contribution in [0, 0.1) is 13.8 Å². The van der Waals surface area contributed by atoms with E-state index in [9.17, 15) is 8.42 Å². The van der Waals surface area contributed by atoms with Gasteiger partial charge in [-0.15, -0.1) is 22.7 Å². The summed E-state index contributed by atoms with van der Waals surface area (Å²) in [5.41, 5.74) is 3.45. The van der Waals surface area contributed by atoms with Crippen molar-refractivity contribution in [2.75, 3.05) is 4.72 Å². The van der Waals surface area contributed by atoms with Gasteiger partial charge in [-0.25, -0.2) is 13.4 Å². The number of nitrogens with zero attached hydrogens (tertiary/aromatic N) is 1. The average Bonchev–Trinajstić information content (AvgIpc) is 3.15. The first kappa shape index (κ1) is 18.1. The third-order valence-corrected chi connectivity index (χ3v) is 7.87. The van der Waals surface area contributed by atoms with E-state index in [2.05, 4.69) is 9.71 Å². The van der Waals surface area contributed by atoms with Gasteiger partial charge in [0.05, 0.1) is 11.4 Å². The van der Waals surface area contributed by atoms with Crippen molar-refractivity contribution in [1.29, 1.82) is 0 Å². The Balaban J connectivity index is 1.91. The maximum atomic E-state index is 12.8. The molecule has 7 heteroatoms. The zero-order valence-corrected chi connectivity index (χ0v) is 17.0. The highest BCUT2D eigenvalue weighted by Gasteiger charge is 2.20. The summed E-state index contributed by atoms with van der Waals surface area (Å²) >= 11 is 2.80. The van der Waals surface area contributed by atoms with Crippen molar-refractivity contribution in [3.05, 3.63) is 51.8 Å². The van der Waals surface area contributed by atoms with Crippen molar-refractivity contribution in [3.8, 4) is 10.6 Å². The number of thiazole rings is 1. The second kappa shape index (κ2) is 6.90. The van der Waals surface area contributed by atoms with Crippen LogP contribution in [0.1, 0.15) is 35.9 Å². The highest BCUT2D eigenvalue weighted by molar-refractivity contribution is 7.94. The van der Waals surface area contributed by atoms with E-state index in [4.69, 9.17) is 0 Å². The Morgan fingerprint density at radius 1 is 1.16 bits per heavy atom. The molecule has 0 unspecified atom stereocenters. The number of thiophene rings is 1. The fourth-order valence-electron chi connectivity index (χ4n) is 2.45. The SMILES string of the molecule is Cc1nc(-c2csc(S(=O)(=O)Nc3ccccc3C(C)C)c2)sc1C. The first-order chi connectivity index (χ1) is 11.8. The summed E-state index contributed by atoms with van der Waals surface area (Å²) in [5.74, 6) is 0.235. The van der Waals surface area contributed by atoms with Crippen LogP contribution in [-0.2, 0) is 10.0 Å². The predicted octanol–water partition coefficient (Wildman–Crippen LogP) is 5.41. The first-order valence-corrected chi connectivity index (χ1v) is 11.1. The number of aromatic nitrogens is 1. The number of rotatable bonds is 5. The zero-order valence-electron chi connectivity index (χ0n) is 14.5. The quantitative estimate of drug-likeness (QED) is 0.631. The van der Waals surface area contributed by atoms with Crippen molar-refractivity contribution >= 4 is 38.4 Å². The van der Waals surface area contributed by atoms with E-state index in [1.54, 1.807) is 23.5 Å². The van der Waals surface area contributed by atoms with E-state index in [0.717, 1.165) is 26.7 Å². The van der Waals surface area contributed by atoms with Gasteiger partial charge in [0.15, 0.2) is 0 Å². The molecule has 2 heterocycles. The topological polar surface area (TPSA) is 59.1 Å². The lowest BCUT2D eigenvalue weighted by Crippen LogP contribution is -2.13. The Kier molecular flexibility index (Phi) is 4.99. The van der Waals surface area contributed by atoms with Gasteiger partial charge in [0.2, 0.25) is 0 Å². The molecule has 3 aromatic rings. The van der Waals surface area contributed by atoms with E-state index < -0.39 is 10.0 Å². The summed E-state index contributed by atoms with van der Waals surface area (Å²) in [7, 11) is -3.61.